The number of halogens is 1. The molecule has 1 aromatic carbocycles. The van der Waals surface area contributed by atoms with Crippen LogP contribution in [0.2, 0.25) is 0 Å². The quantitative estimate of drug-likeness (QED) is 0.923. The van der Waals surface area contributed by atoms with E-state index in [1.54, 1.807) is 6.07 Å². The second-order valence-electron chi connectivity index (χ2n) is 6.21. The van der Waals surface area contributed by atoms with Crippen LogP contribution in [-0.4, -0.2) is 36.5 Å². The highest BCUT2D eigenvalue weighted by Crippen LogP contribution is 2.27. The summed E-state index contributed by atoms with van der Waals surface area (Å²) < 4.78 is 13.7. The minimum absolute atomic E-state index is 0.108. The Morgan fingerprint density at radius 2 is 2.14 bits per heavy atom. The van der Waals surface area contributed by atoms with Crippen molar-refractivity contribution in [2.75, 3.05) is 19.6 Å². The molecule has 2 atom stereocenters. The van der Waals surface area contributed by atoms with Crippen LogP contribution in [0.5, 0.6) is 0 Å². The Bertz CT molecular complexity index is 505. The molecule has 0 bridgehead atoms. The van der Waals surface area contributed by atoms with Crippen molar-refractivity contribution in [2.45, 2.75) is 38.1 Å². The molecule has 2 saturated heterocycles. The maximum atomic E-state index is 13.7. The molecule has 2 aliphatic heterocycles. The Labute approximate surface area is 125 Å². The van der Waals surface area contributed by atoms with Crippen LogP contribution in [0.4, 0.5) is 4.39 Å². The Hall–Kier alpha value is -1.42. The van der Waals surface area contributed by atoms with Gasteiger partial charge < -0.3 is 5.32 Å². The monoisotopic (exact) mass is 290 g/mol. The fourth-order valence-corrected chi connectivity index (χ4v) is 3.69. The van der Waals surface area contributed by atoms with Crippen molar-refractivity contribution in [3.63, 3.8) is 0 Å². The zero-order valence-electron chi connectivity index (χ0n) is 12.4. The molecule has 2 aliphatic rings. The van der Waals surface area contributed by atoms with E-state index in [9.17, 15) is 9.18 Å². The number of hydrogen-bond donors (Lipinski definition) is 1. The van der Waals surface area contributed by atoms with Gasteiger partial charge in [0.2, 0.25) is 5.91 Å². The van der Waals surface area contributed by atoms with Crippen molar-refractivity contribution in [3.8, 4) is 0 Å². The normalized spacial score (nSPS) is 26.8. The lowest BCUT2D eigenvalue weighted by Crippen LogP contribution is -2.45. The lowest BCUT2D eigenvalue weighted by molar-refractivity contribution is -0.119. The first-order valence-corrected chi connectivity index (χ1v) is 7.98. The number of nitrogens with zero attached hydrogens (tertiary/aromatic N) is 1. The molecule has 0 radical (unpaired) electrons. The van der Waals surface area contributed by atoms with E-state index in [0.29, 0.717) is 18.4 Å². The highest BCUT2D eigenvalue weighted by molar-refractivity contribution is 5.78. The van der Waals surface area contributed by atoms with Crippen molar-refractivity contribution < 1.29 is 9.18 Å². The fourth-order valence-electron chi connectivity index (χ4n) is 3.69. The standard InChI is InChI=1S/C17H23FN2O/c18-15-6-2-1-5-13(15)8-10-20-9-4-3-7-16(20)14-11-17(21)19-12-14/h1-2,5-6,14,16H,3-4,7-12H2,(H,19,21)/t14-,16+/m1/s1. The van der Waals surface area contributed by atoms with Gasteiger partial charge in [-0.05, 0) is 37.4 Å². The first kappa shape index (κ1) is 14.5. The van der Waals surface area contributed by atoms with Crippen LogP contribution < -0.4 is 5.32 Å². The fraction of sp³-hybridized carbons (Fsp3) is 0.588. The summed E-state index contributed by atoms with van der Waals surface area (Å²) in [7, 11) is 0. The van der Waals surface area contributed by atoms with Crippen LogP contribution in [-0.2, 0) is 11.2 Å². The first-order chi connectivity index (χ1) is 10.2. The first-order valence-electron chi connectivity index (χ1n) is 7.98. The van der Waals surface area contributed by atoms with Gasteiger partial charge >= 0.3 is 0 Å². The Morgan fingerprint density at radius 1 is 1.29 bits per heavy atom. The largest absolute Gasteiger partial charge is 0.356 e. The molecule has 0 aliphatic carbocycles. The molecule has 3 rings (SSSR count). The van der Waals surface area contributed by atoms with E-state index in [0.717, 1.165) is 38.0 Å². The summed E-state index contributed by atoms with van der Waals surface area (Å²) in [5.74, 6) is 0.502. The molecule has 114 valence electrons. The van der Waals surface area contributed by atoms with Gasteiger partial charge in [-0.2, -0.15) is 0 Å². The van der Waals surface area contributed by atoms with E-state index < -0.39 is 0 Å². The Kier molecular flexibility index (Phi) is 4.54. The van der Waals surface area contributed by atoms with Gasteiger partial charge in [-0.15, -0.1) is 0 Å². The number of hydrogen-bond acceptors (Lipinski definition) is 2. The number of amides is 1. The van der Waals surface area contributed by atoms with Crippen molar-refractivity contribution in [1.29, 1.82) is 0 Å². The van der Waals surface area contributed by atoms with Crippen LogP contribution >= 0.6 is 0 Å². The van der Waals surface area contributed by atoms with Crippen LogP contribution in [0.25, 0.3) is 0 Å². The lowest BCUT2D eigenvalue weighted by atomic mass is 9.89. The zero-order valence-corrected chi connectivity index (χ0v) is 12.4. The van der Waals surface area contributed by atoms with Crippen LogP contribution in [0.15, 0.2) is 24.3 Å². The Balaban J connectivity index is 1.62. The van der Waals surface area contributed by atoms with Gasteiger partial charge in [-0.3, -0.25) is 9.69 Å². The van der Waals surface area contributed by atoms with Crippen LogP contribution in [0.1, 0.15) is 31.2 Å². The summed E-state index contributed by atoms with van der Waals surface area (Å²) in [5, 5.41) is 2.94. The summed E-state index contributed by atoms with van der Waals surface area (Å²) in [4.78, 5) is 13.9. The van der Waals surface area contributed by atoms with Gasteiger partial charge in [-0.25, -0.2) is 4.39 Å². The van der Waals surface area contributed by atoms with Gasteiger partial charge in [0.25, 0.3) is 0 Å². The molecular weight excluding hydrogens is 267 g/mol. The third-order valence-corrected chi connectivity index (χ3v) is 4.84. The SMILES string of the molecule is O=C1C[C@@H]([C@@H]2CCCCN2CCc2ccccc2F)CN1. The maximum absolute atomic E-state index is 13.7. The number of rotatable bonds is 4. The predicted molar refractivity (Wildman–Crippen MR) is 80.4 cm³/mol. The zero-order chi connectivity index (χ0) is 14.7. The van der Waals surface area contributed by atoms with Gasteiger partial charge in [-0.1, -0.05) is 24.6 Å². The van der Waals surface area contributed by atoms with Gasteiger partial charge in [0.05, 0.1) is 0 Å². The molecule has 0 saturated carbocycles. The van der Waals surface area contributed by atoms with Gasteiger partial charge in [0.1, 0.15) is 5.82 Å². The maximum Gasteiger partial charge on any atom is 0.220 e. The second-order valence-corrected chi connectivity index (χ2v) is 6.21. The average Bonchev–Trinajstić information content (AvgIpc) is 2.93. The van der Waals surface area contributed by atoms with Crippen molar-refractivity contribution in [3.05, 3.63) is 35.6 Å². The number of carbonyl (C=O) groups excluding carboxylic acids is 1. The van der Waals surface area contributed by atoms with Crippen molar-refractivity contribution in [1.82, 2.24) is 10.2 Å². The van der Waals surface area contributed by atoms with E-state index in [2.05, 4.69) is 10.2 Å². The summed E-state index contributed by atoms with van der Waals surface area (Å²) in [5.41, 5.74) is 0.794. The van der Waals surface area contributed by atoms with Crippen molar-refractivity contribution in [2.24, 2.45) is 5.92 Å². The molecular formula is C17H23FN2O. The molecule has 0 unspecified atom stereocenters. The van der Waals surface area contributed by atoms with Crippen molar-refractivity contribution >= 4 is 5.91 Å². The number of piperidine rings is 1. The molecule has 4 heteroatoms. The predicted octanol–water partition coefficient (Wildman–Crippen LogP) is 2.36. The van der Waals surface area contributed by atoms with Crippen LogP contribution in [0.3, 0.4) is 0 Å². The summed E-state index contributed by atoms with van der Waals surface area (Å²) in [6.07, 6.45) is 5.02. The molecule has 2 heterocycles. The van der Waals surface area contributed by atoms with E-state index in [-0.39, 0.29) is 11.7 Å². The molecule has 21 heavy (non-hydrogen) atoms. The smallest absolute Gasteiger partial charge is 0.220 e. The molecule has 0 spiro atoms. The van der Waals surface area contributed by atoms with Gasteiger partial charge in [0.15, 0.2) is 0 Å². The minimum atomic E-state index is -0.108. The molecule has 3 nitrogen and oxygen atoms in total. The molecule has 1 N–H and O–H groups in total. The molecule has 1 amide bonds. The lowest BCUT2D eigenvalue weighted by Gasteiger charge is -2.38. The Morgan fingerprint density at radius 3 is 2.90 bits per heavy atom. The van der Waals surface area contributed by atoms with E-state index in [1.165, 1.54) is 18.9 Å². The van der Waals surface area contributed by atoms with Crippen LogP contribution in [0, 0.1) is 11.7 Å². The third-order valence-electron chi connectivity index (χ3n) is 4.84. The highest BCUT2D eigenvalue weighted by atomic mass is 19.1. The number of nitrogens with one attached hydrogen (secondary N) is 1. The summed E-state index contributed by atoms with van der Waals surface area (Å²) >= 11 is 0. The summed E-state index contributed by atoms with van der Waals surface area (Å²) in [6.45, 7) is 2.76. The topological polar surface area (TPSA) is 32.3 Å². The van der Waals surface area contributed by atoms with E-state index >= 15 is 0 Å². The molecule has 0 aromatic heterocycles. The number of benzene rings is 1. The van der Waals surface area contributed by atoms with E-state index in [1.807, 2.05) is 12.1 Å². The molecule has 1 aromatic rings. The van der Waals surface area contributed by atoms with E-state index in [4.69, 9.17) is 0 Å². The third kappa shape index (κ3) is 3.43. The minimum Gasteiger partial charge on any atom is -0.356 e. The summed E-state index contributed by atoms with van der Waals surface area (Å²) in [6, 6.07) is 7.51. The second kappa shape index (κ2) is 6.56. The molecule has 2 fully saturated rings. The number of carbonyl (C=O) groups is 1. The average molecular weight is 290 g/mol. The highest BCUT2D eigenvalue weighted by Gasteiger charge is 2.34. The number of likely N-dealkylation sites (tertiary alicyclic amines) is 1. The van der Waals surface area contributed by atoms with Gasteiger partial charge in [0, 0.05) is 31.5 Å².